The molecule has 1 aromatic rings. The van der Waals surface area contributed by atoms with Crippen molar-refractivity contribution in [3.63, 3.8) is 0 Å². The van der Waals surface area contributed by atoms with E-state index in [0.29, 0.717) is 5.56 Å². The van der Waals surface area contributed by atoms with Gasteiger partial charge in [-0.2, -0.15) is 0 Å². The van der Waals surface area contributed by atoms with Crippen LogP contribution in [0.15, 0.2) is 18.2 Å². The molecule has 1 aliphatic carbocycles. The van der Waals surface area contributed by atoms with Gasteiger partial charge in [-0.1, -0.05) is 17.7 Å². The molecule has 3 rings (SSSR count). The smallest absolute Gasteiger partial charge is 0.249 e. The molecule has 1 saturated heterocycles. The van der Waals surface area contributed by atoms with Gasteiger partial charge in [-0.05, 0) is 43.4 Å². The van der Waals surface area contributed by atoms with Crippen LogP contribution in [-0.4, -0.2) is 28.8 Å². The molecular formula is C15H16ClFN2O2. The lowest BCUT2D eigenvalue weighted by molar-refractivity contribution is -0.150. The van der Waals surface area contributed by atoms with Crippen LogP contribution in [0.3, 0.4) is 0 Å². The number of halogens is 2. The maximum atomic E-state index is 13.5. The summed E-state index contributed by atoms with van der Waals surface area (Å²) in [6.45, 7) is 1.99. The van der Waals surface area contributed by atoms with Crippen LogP contribution in [-0.2, 0) is 16.1 Å². The molecule has 1 aliphatic heterocycles. The predicted octanol–water partition coefficient (Wildman–Crippen LogP) is 2.11. The highest BCUT2D eigenvalue weighted by atomic mass is 35.5. The first-order valence-corrected chi connectivity index (χ1v) is 7.32. The molecule has 112 valence electrons. The quantitative estimate of drug-likeness (QED) is 0.929. The number of carbonyl (C=O) groups excluding carboxylic acids is 2. The molecule has 4 nitrogen and oxygen atoms in total. The zero-order valence-electron chi connectivity index (χ0n) is 11.7. The molecule has 1 saturated carbocycles. The molecule has 1 heterocycles. The first-order valence-electron chi connectivity index (χ1n) is 6.94. The van der Waals surface area contributed by atoms with Gasteiger partial charge in [-0.15, -0.1) is 0 Å². The normalized spacial score (nSPS) is 26.0. The summed E-state index contributed by atoms with van der Waals surface area (Å²) in [6, 6.07) is 4.43. The average molecular weight is 311 g/mol. The van der Waals surface area contributed by atoms with E-state index >= 15 is 0 Å². The molecule has 1 atom stereocenters. The van der Waals surface area contributed by atoms with Gasteiger partial charge in [0.15, 0.2) is 0 Å². The highest BCUT2D eigenvalue weighted by molar-refractivity contribution is 6.30. The summed E-state index contributed by atoms with van der Waals surface area (Å²) in [5.74, 6) is -0.579. The van der Waals surface area contributed by atoms with E-state index < -0.39 is 11.4 Å². The Morgan fingerprint density at radius 2 is 2.14 bits per heavy atom. The highest BCUT2D eigenvalue weighted by Gasteiger charge is 2.52. The van der Waals surface area contributed by atoms with Gasteiger partial charge >= 0.3 is 0 Å². The Balaban J connectivity index is 1.82. The number of nitrogens with zero attached hydrogens (tertiary/aromatic N) is 1. The fourth-order valence-electron chi connectivity index (χ4n) is 2.88. The van der Waals surface area contributed by atoms with Gasteiger partial charge in [-0.25, -0.2) is 4.39 Å². The number of carbonyl (C=O) groups is 2. The third kappa shape index (κ3) is 2.62. The second kappa shape index (κ2) is 4.98. The zero-order valence-corrected chi connectivity index (χ0v) is 12.4. The maximum Gasteiger partial charge on any atom is 0.249 e. The molecule has 2 amide bonds. The van der Waals surface area contributed by atoms with Gasteiger partial charge < -0.3 is 10.2 Å². The molecule has 0 aromatic heterocycles. The molecule has 0 spiro atoms. The SMILES string of the molecule is CC1(C2CC2)NC(=O)CN(Cc2ccc(Cl)c(F)c2)C1=O. The second-order valence-corrected chi connectivity index (χ2v) is 6.34. The van der Waals surface area contributed by atoms with Crippen LogP contribution < -0.4 is 5.32 Å². The maximum absolute atomic E-state index is 13.5. The van der Waals surface area contributed by atoms with Gasteiger partial charge in [-0.3, -0.25) is 9.59 Å². The largest absolute Gasteiger partial charge is 0.340 e. The minimum atomic E-state index is -0.819. The van der Waals surface area contributed by atoms with Gasteiger partial charge in [0, 0.05) is 6.54 Å². The fraction of sp³-hybridized carbons (Fsp3) is 0.467. The fourth-order valence-corrected chi connectivity index (χ4v) is 3.00. The van der Waals surface area contributed by atoms with E-state index in [1.807, 2.05) is 0 Å². The molecular weight excluding hydrogens is 295 g/mol. The van der Waals surface area contributed by atoms with Crippen LogP contribution in [0.25, 0.3) is 0 Å². The molecule has 1 unspecified atom stereocenters. The van der Waals surface area contributed by atoms with Crippen molar-refractivity contribution in [3.8, 4) is 0 Å². The minimum Gasteiger partial charge on any atom is -0.340 e. The zero-order chi connectivity index (χ0) is 15.2. The Hall–Kier alpha value is -1.62. The van der Waals surface area contributed by atoms with Crippen molar-refractivity contribution in [1.29, 1.82) is 0 Å². The van der Waals surface area contributed by atoms with Crippen LogP contribution in [0.2, 0.25) is 5.02 Å². The van der Waals surface area contributed by atoms with Crippen LogP contribution in [0.5, 0.6) is 0 Å². The molecule has 0 bridgehead atoms. The van der Waals surface area contributed by atoms with E-state index in [1.54, 1.807) is 13.0 Å². The van der Waals surface area contributed by atoms with Crippen molar-refractivity contribution in [3.05, 3.63) is 34.6 Å². The number of nitrogens with one attached hydrogen (secondary N) is 1. The van der Waals surface area contributed by atoms with Crippen molar-refractivity contribution < 1.29 is 14.0 Å². The summed E-state index contributed by atoms with van der Waals surface area (Å²) in [6.07, 6.45) is 1.90. The topological polar surface area (TPSA) is 49.4 Å². The summed E-state index contributed by atoms with van der Waals surface area (Å²) in [7, 11) is 0. The number of hydrogen-bond acceptors (Lipinski definition) is 2. The third-order valence-corrected chi connectivity index (χ3v) is 4.52. The van der Waals surface area contributed by atoms with E-state index in [9.17, 15) is 14.0 Å². The Bertz CT molecular complexity index is 618. The van der Waals surface area contributed by atoms with Gasteiger partial charge in [0.2, 0.25) is 11.8 Å². The molecule has 2 aliphatic rings. The van der Waals surface area contributed by atoms with E-state index in [1.165, 1.54) is 17.0 Å². The van der Waals surface area contributed by atoms with E-state index in [2.05, 4.69) is 5.32 Å². The Labute approximate surface area is 127 Å². The number of amides is 2. The van der Waals surface area contributed by atoms with E-state index in [4.69, 9.17) is 11.6 Å². The first-order chi connectivity index (χ1) is 9.90. The number of rotatable bonds is 3. The van der Waals surface area contributed by atoms with Crippen molar-refractivity contribution in [2.45, 2.75) is 31.8 Å². The van der Waals surface area contributed by atoms with Crippen LogP contribution in [0.4, 0.5) is 4.39 Å². The number of piperazine rings is 1. The second-order valence-electron chi connectivity index (χ2n) is 5.93. The van der Waals surface area contributed by atoms with Crippen molar-refractivity contribution in [2.24, 2.45) is 5.92 Å². The molecule has 0 radical (unpaired) electrons. The third-order valence-electron chi connectivity index (χ3n) is 4.22. The average Bonchev–Trinajstić information content (AvgIpc) is 3.24. The van der Waals surface area contributed by atoms with Crippen LogP contribution in [0.1, 0.15) is 25.3 Å². The lowest BCUT2D eigenvalue weighted by atomic mass is 9.91. The number of benzene rings is 1. The molecule has 6 heteroatoms. The van der Waals surface area contributed by atoms with E-state index in [-0.39, 0.29) is 35.8 Å². The summed E-state index contributed by atoms with van der Waals surface area (Å²) in [4.78, 5) is 26.0. The molecule has 21 heavy (non-hydrogen) atoms. The van der Waals surface area contributed by atoms with Crippen LogP contribution in [0, 0.1) is 11.7 Å². The minimum absolute atomic E-state index is 0.00535. The Kier molecular flexibility index (Phi) is 3.40. The van der Waals surface area contributed by atoms with E-state index in [0.717, 1.165) is 12.8 Å². The summed E-state index contributed by atoms with van der Waals surface area (Å²) in [5, 5.41) is 2.86. The lowest BCUT2D eigenvalue weighted by Gasteiger charge is -2.40. The highest BCUT2D eigenvalue weighted by Crippen LogP contribution is 2.41. The van der Waals surface area contributed by atoms with Crippen molar-refractivity contribution in [2.75, 3.05) is 6.54 Å². The molecule has 1 aromatic carbocycles. The van der Waals surface area contributed by atoms with Gasteiger partial charge in [0.25, 0.3) is 0 Å². The first kappa shape index (κ1) is 14.3. The van der Waals surface area contributed by atoms with Gasteiger partial charge in [0.1, 0.15) is 11.4 Å². The molecule has 1 N–H and O–H groups in total. The Morgan fingerprint density at radius 1 is 1.43 bits per heavy atom. The van der Waals surface area contributed by atoms with Gasteiger partial charge in [0.05, 0.1) is 11.6 Å². The predicted molar refractivity (Wildman–Crippen MR) is 76.1 cm³/mol. The van der Waals surface area contributed by atoms with Crippen molar-refractivity contribution >= 4 is 23.4 Å². The number of hydrogen-bond donors (Lipinski definition) is 1. The lowest BCUT2D eigenvalue weighted by Crippen LogP contribution is -2.66. The summed E-state index contributed by atoms with van der Waals surface area (Å²) in [5.41, 5.74) is -0.196. The van der Waals surface area contributed by atoms with Crippen molar-refractivity contribution in [1.82, 2.24) is 10.2 Å². The molecule has 2 fully saturated rings. The Morgan fingerprint density at radius 3 is 2.76 bits per heavy atom. The standard InChI is InChI=1S/C15H16ClFN2O2/c1-15(10-3-4-10)14(21)19(8-13(20)18-15)7-9-2-5-11(16)12(17)6-9/h2,5-6,10H,3-4,7-8H2,1H3,(H,18,20). The van der Waals surface area contributed by atoms with Crippen LogP contribution >= 0.6 is 11.6 Å². The summed E-state index contributed by atoms with van der Waals surface area (Å²) >= 11 is 5.65. The summed E-state index contributed by atoms with van der Waals surface area (Å²) < 4.78 is 13.5. The monoisotopic (exact) mass is 310 g/mol.